The number of ether oxygens (including phenoxy) is 1. The third-order valence-electron chi connectivity index (χ3n) is 3.09. The first-order chi connectivity index (χ1) is 11.5. The van der Waals surface area contributed by atoms with E-state index in [0.29, 0.717) is 12.0 Å². The number of rotatable bonds is 5. The van der Waals surface area contributed by atoms with Gasteiger partial charge in [-0.05, 0) is 60.9 Å². The maximum Gasteiger partial charge on any atom is 0.387 e. The number of alkyl halides is 2. The van der Waals surface area contributed by atoms with Crippen molar-refractivity contribution < 1.29 is 22.3 Å². The second kappa shape index (κ2) is 8.78. The van der Waals surface area contributed by atoms with Crippen LogP contribution in [0.1, 0.15) is 23.1 Å². The van der Waals surface area contributed by atoms with Gasteiger partial charge in [-0.25, -0.2) is 0 Å². The lowest BCUT2D eigenvalue weighted by Crippen LogP contribution is -2.01. The molecule has 0 bridgehead atoms. The van der Waals surface area contributed by atoms with Crippen LogP contribution in [0.25, 0.3) is 0 Å². The van der Waals surface area contributed by atoms with Crippen LogP contribution in [-0.4, -0.2) is 6.61 Å². The monoisotopic (exact) mass is 334 g/mol. The zero-order chi connectivity index (χ0) is 17.4. The Morgan fingerprint density at radius 3 is 2.38 bits per heavy atom. The summed E-state index contributed by atoms with van der Waals surface area (Å²) in [6, 6.07) is 13.3. The van der Waals surface area contributed by atoms with Gasteiger partial charge in [-0.3, -0.25) is 0 Å². The van der Waals surface area contributed by atoms with Gasteiger partial charge in [0.05, 0.1) is 0 Å². The number of halogens is 4. The first-order valence-electron chi connectivity index (χ1n) is 7.20. The number of benzene rings is 2. The molecule has 24 heavy (non-hydrogen) atoms. The molecular weight excluding hydrogens is 320 g/mol. The number of aryl methyl sites for hydroxylation is 1. The van der Waals surface area contributed by atoms with Crippen LogP contribution < -0.4 is 4.74 Å². The molecule has 2 aromatic carbocycles. The number of allylic oxidation sites excluding steroid dienone is 1. The molecule has 0 heterocycles. The lowest BCUT2D eigenvalue weighted by Gasteiger charge is -2.03. The molecule has 0 atom stereocenters. The van der Waals surface area contributed by atoms with Gasteiger partial charge in [0, 0.05) is 11.1 Å². The van der Waals surface area contributed by atoms with Gasteiger partial charge in [-0.1, -0.05) is 24.0 Å². The van der Waals surface area contributed by atoms with Gasteiger partial charge in [-0.2, -0.15) is 17.6 Å². The largest absolute Gasteiger partial charge is 0.435 e. The van der Waals surface area contributed by atoms with Gasteiger partial charge in [0.15, 0.2) is 0 Å². The van der Waals surface area contributed by atoms with Crippen LogP contribution in [0.4, 0.5) is 17.6 Å². The van der Waals surface area contributed by atoms with Crippen LogP contribution in [0.2, 0.25) is 0 Å². The van der Waals surface area contributed by atoms with Crippen LogP contribution >= 0.6 is 0 Å². The Hall–Kier alpha value is -2.74. The van der Waals surface area contributed by atoms with Crippen molar-refractivity contribution in [1.29, 1.82) is 0 Å². The summed E-state index contributed by atoms with van der Waals surface area (Å²) in [6.07, 6.45) is -0.0103. The van der Waals surface area contributed by atoms with Gasteiger partial charge in [0.25, 0.3) is 6.08 Å². The summed E-state index contributed by atoms with van der Waals surface area (Å²) in [5.41, 5.74) is 2.33. The fourth-order valence-corrected chi connectivity index (χ4v) is 2.02. The molecule has 0 N–H and O–H groups in total. The third kappa shape index (κ3) is 6.17. The fraction of sp³-hybridized carbons (Fsp3) is 0.158. The highest BCUT2D eigenvalue weighted by molar-refractivity contribution is 5.45. The Morgan fingerprint density at radius 2 is 1.71 bits per heavy atom. The van der Waals surface area contributed by atoms with Crippen molar-refractivity contribution in [2.45, 2.75) is 19.5 Å². The summed E-state index contributed by atoms with van der Waals surface area (Å²) < 4.78 is 52.4. The van der Waals surface area contributed by atoms with E-state index in [1.165, 1.54) is 12.1 Å². The first-order valence-corrected chi connectivity index (χ1v) is 7.20. The highest BCUT2D eigenvalue weighted by Gasteiger charge is 2.02. The molecule has 0 radical (unpaired) electrons. The van der Waals surface area contributed by atoms with E-state index < -0.39 is 12.7 Å². The van der Waals surface area contributed by atoms with Crippen molar-refractivity contribution in [1.82, 2.24) is 0 Å². The van der Waals surface area contributed by atoms with Crippen molar-refractivity contribution in [2.24, 2.45) is 0 Å². The molecule has 5 heteroatoms. The smallest absolute Gasteiger partial charge is 0.387 e. The van der Waals surface area contributed by atoms with Gasteiger partial charge in [0.1, 0.15) is 5.75 Å². The molecule has 0 aliphatic heterocycles. The Morgan fingerprint density at radius 1 is 1.00 bits per heavy atom. The zero-order valence-corrected chi connectivity index (χ0v) is 12.6. The Kier molecular flexibility index (Phi) is 6.44. The quantitative estimate of drug-likeness (QED) is 0.525. The van der Waals surface area contributed by atoms with Crippen molar-refractivity contribution >= 4 is 0 Å². The molecule has 2 rings (SSSR count). The fourth-order valence-electron chi connectivity index (χ4n) is 2.02. The zero-order valence-electron chi connectivity index (χ0n) is 12.6. The van der Waals surface area contributed by atoms with Crippen LogP contribution in [-0.2, 0) is 6.42 Å². The molecule has 0 aliphatic rings. The molecule has 124 valence electrons. The topological polar surface area (TPSA) is 9.23 Å². The molecule has 0 fully saturated rings. The SMILES string of the molecule is FC(F)=CCCc1cccc(C#Cc2ccc(OC(F)F)cc2)c1. The Bertz CT molecular complexity index is 751. The molecule has 0 saturated carbocycles. The Labute approximate surface area is 137 Å². The molecule has 0 spiro atoms. The highest BCUT2D eigenvalue weighted by atomic mass is 19.3. The molecule has 0 saturated heterocycles. The average molecular weight is 334 g/mol. The maximum absolute atomic E-state index is 12.1. The van der Waals surface area contributed by atoms with E-state index in [9.17, 15) is 17.6 Å². The summed E-state index contributed by atoms with van der Waals surface area (Å²) in [5, 5.41) is 0. The van der Waals surface area contributed by atoms with E-state index in [0.717, 1.165) is 17.2 Å². The van der Waals surface area contributed by atoms with Gasteiger partial charge in [0.2, 0.25) is 0 Å². The lowest BCUT2D eigenvalue weighted by molar-refractivity contribution is -0.0498. The van der Waals surface area contributed by atoms with Crippen LogP contribution in [0.15, 0.2) is 60.7 Å². The highest BCUT2D eigenvalue weighted by Crippen LogP contribution is 2.14. The summed E-state index contributed by atoms with van der Waals surface area (Å²) >= 11 is 0. The van der Waals surface area contributed by atoms with Gasteiger partial charge in [-0.15, -0.1) is 0 Å². The molecule has 0 aliphatic carbocycles. The summed E-state index contributed by atoms with van der Waals surface area (Å²) in [5.74, 6) is 5.95. The lowest BCUT2D eigenvalue weighted by atomic mass is 10.1. The minimum Gasteiger partial charge on any atom is -0.435 e. The summed E-state index contributed by atoms with van der Waals surface area (Å²) in [4.78, 5) is 0. The summed E-state index contributed by atoms with van der Waals surface area (Å²) in [6.45, 7) is -2.86. The molecule has 0 aromatic heterocycles. The maximum atomic E-state index is 12.1. The van der Waals surface area contributed by atoms with E-state index in [1.807, 2.05) is 24.3 Å². The predicted molar refractivity (Wildman–Crippen MR) is 84.1 cm³/mol. The minimum atomic E-state index is -2.86. The van der Waals surface area contributed by atoms with Crippen LogP contribution in [0.5, 0.6) is 5.75 Å². The second-order valence-corrected chi connectivity index (χ2v) is 4.89. The normalized spacial score (nSPS) is 10.0. The van der Waals surface area contributed by atoms with Gasteiger partial charge >= 0.3 is 6.61 Å². The van der Waals surface area contributed by atoms with E-state index in [1.54, 1.807) is 12.1 Å². The minimum absolute atomic E-state index is 0.0747. The van der Waals surface area contributed by atoms with Crippen LogP contribution in [0, 0.1) is 11.8 Å². The van der Waals surface area contributed by atoms with E-state index in [2.05, 4.69) is 16.6 Å². The van der Waals surface area contributed by atoms with Crippen LogP contribution in [0.3, 0.4) is 0 Å². The number of hydrogen-bond donors (Lipinski definition) is 0. The van der Waals surface area contributed by atoms with E-state index in [-0.39, 0.29) is 12.2 Å². The summed E-state index contributed by atoms with van der Waals surface area (Å²) in [7, 11) is 0. The van der Waals surface area contributed by atoms with Gasteiger partial charge < -0.3 is 4.74 Å². The molecule has 0 amide bonds. The first kappa shape index (κ1) is 17.6. The third-order valence-corrected chi connectivity index (χ3v) is 3.09. The van der Waals surface area contributed by atoms with Crippen molar-refractivity contribution in [3.05, 3.63) is 77.4 Å². The molecular formula is C19H14F4O. The van der Waals surface area contributed by atoms with E-state index >= 15 is 0 Å². The standard InChI is InChI=1S/C19H14F4O/c20-18(21)6-2-5-15-3-1-4-16(13-15)8-7-14-9-11-17(12-10-14)24-19(22)23/h1,3-4,6,9-13,19H,2,5H2. The second-order valence-electron chi connectivity index (χ2n) is 4.89. The molecule has 2 aromatic rings. The number of hydrogen-bond acceptors (Lipinski definition) is 1. The van der Waals surface area contributed by atoms with Crippen molar-refractivity contribution in [3.63, 3.8) is 0 Å². The van der Waals surface area contributed by atoms with E-state index in [4.69, 9.17) is 0 Å². The average Bonchev–Trinajstić information content (AvgIpc) is 2.54. The van der Waals surface area contributed by atoms with Crippen molar-refractivity contribution in [3.8, 4) is 17.6 Å². The predicted octanol–water partition coefficient (Wildman–Crippen LogP) is 5.40. The molecule has 1 nitrogen and oxygen atoms in total. The van der Waals surface area contributed by atoms with Crippen molar-refractivity contribution in [2.75, 3.05) is 0 Å². The molecule has 0 unspecified atom stereocenters. The Balaban J connectivity index is 2.03.